The first-order chi connectivity index (χ1) is 10.8. The predicted molar refractivity (Wildman–Crippen MR) is 82.2 cm³/mol. The van der Waals surface area contributed by atoms with E-state index in [0.717, 1.165) is 0 Å². The highest BCUT2D eigenvalue weighted by molar-refractivity contribution is 5.78. The second-order valence-electron chi connectivity index (χ2n) is 5.56. The lowest BCUT2D eigenvalue weighted by atomic mass is 9.90. The number of nitrogens with one attached hydrogen (secondary N) is 1. The maximum atomic E-state index is 11.7. The number of nitriles is 1. The van der Waals surface area contributed by atoms with Crippen LogP contribution in [0.3, 0.4) is 0 Å². The van der Waals surface area contributed by atoms with Gasteiger partial charge in [-0.15, -0.1) is 0 Å². The number of carboxylic acids is 1. The van der Waals surface area contributed by atoms with Crippen molar-refractivity contribution in [1.29, 1.82) is 5.26 Å². The SMILES string of the molecule is COc1cc(C#N)ccc1OCC(=O)NCCC(C)(C)C(=O)O. The van der Waals surface area contributed by atoms with Crippen LogP contribution in [0.15, 0.2) is 18.2 Å². The molecular weight excluding hydrogens is 300 g/mol. The molecule has 0 radical (unpaired) electrons. The molecule has 1 rings (SSSR count). The molecule has 0 atom stereocenters. The predicted octanol–water partition coefficient (Wildman–Crippen LogP) is 1.56. The molecule has 0 spiro atoms. The van der Waals surface area contributed by atoms with E-state index in [2.05, 4.69) is 5.32 Å². The molecule has 0 saturated carbocycles. The lowest BCUT2D eigenvalue weighted by Crippen LogP contribution is -2.34. The van der Waals surface area contributed by atoms with Gasteiger partial charge in [-0.1, -0.05) is 0 Å². The molecule has 0 aliphatic carbocycles. The van der Waals surface area contributed by atoms with Crippen LogP contribution in [0.2, 0.25) is 0 Å². The fourth-order valence-electron chi connectivity index (χ4n) is 1.67. The molecule has 0 heterocycles. The summed E-state index contributed by atoms with van der Waals surface area (Å²) in [6, 6.07) is 6.61. The molecule has 0 aliphatic rings. The number of carbonyl (C=O) groups is 2. The number of aliphatic carboxylic acids is 1. The van der Waals surface area contributed by atoms with E-state index in [9.17, 15) is 9.59 Å². The summed E-state index contributed by atoms with van der Waals surface area (Å²) in [6.45, 7) is 3.21. The van der Waals surface area contributed by atoms with Gasteiger partial charge in [0.05, 0.1) is 24.2 Å². The Morgan fingerprint density at radius 2 is 2.04 bits per heavy atom. The van der Waals surface area contributed by atoms with Crippen molar-refractivity contribution < 1.29 is 24.2 Å². The summed E-state index contributed by atoms with van der Waals surface area (Å²) < 4.78 is 10.5. The Labute approximate surface area is 134 Å². The summed E-state index contributed by atoms with van der Waals surface area (Å²) in [6.07, 6.45) is 0.314. The van der Waals surface area contributed by atoms with Gasteiger partial charge in [0.1, 0.15) is 0 Å². The third-order valence-corrected chi connectivity index (χ3v) is 3.30. The fraction of sp³-hybridized carbons (Fsp3) is 0.438. The van der Waals surface area contributed by atoms with E-state index in [1.54, 1.807) is 26.0 Å². The van der Waals surface area contributed by atoms with Crippen LogP contribution in [-0.4, -0.2) is 37.2 Å². The number of hydrogen-bond donors (Lipinski definition) is 2. The Bertz CT molecular complexity index is 619. The lowest BCUT2D eigenvalue weighted by molar-refractivity contribution is -0.147. The minimum atomic E-state index is -0.912. The number of rotatable bonds is 8. The molecule has 0 saturated heterocycles. The number of benzene rings is 1. The zero-order valence-corrected chi connectivity index (χ0v) is 13.4. The van der Waals surface area contributed by atoms with Crippen LogP contribution in [-0.2, 0) is 9.59 Å². The highest BCUT2D eigenvalue weighted by atomic mass is 16.5. The largest absolute Gasteiger partial charge is 0.493 e. The number of nitrogens with zero attached hydrogens (tertiary/aromatic N) is 1. The van der Waals surface area contributed by atoms with Gasteiger partial charge in [0.25, 0.3) is 5.91 Å². The molecule has 0 bridgehead atoms. The molecule has 1 aromatic rings. The average molecular weight is 320 g/mol. The van der Waals surface area contributed by atoms with Crippen molar-refractivity contribution >= 4 is 11.9 Å². The average Bonchev–Trinajstić information content (AvgIpc) is 2.52. The van der Waals surface area contributed by atoms with Crippen molar-refractivity contribution in [3.05, 3.63) is 23.8 Å². The van der Waals surface area contributed by atoms with E-state index in [1.165, 1.54) is 13.2 Å². The fourth-order valence-corrected chi connectivity index (χ4v) is 1.67. The molecule has 0 unspecified atom stereocenters. The minimum absolute atomic E-state index is 0.226. The molecule has 7 heteroatoms. The van der Waals surface area contributed by atoms with Crippen LogP contribution in [0.1, 0.15) is 25.8 Å². The molecule has 0 fully saturated rings. The molecule has 2 N–H and O–H groups in total. The summed E-state index contributed by atoms with van der Waals surface area (Å²) >= 11 is 0. The van der Waals surface area contributed by atoms with E-state index in [4.69, 9.17) is 19.8 Å². The van der Waals surface area contributed by atoms with Gasteiger partial charge < -0.3 is 19.9 Å². The summed E-state index contributed by atoms with van der Waals surface area (Å²) in [7, 11) is 1.44. The maximum Gasteiger partial charge on any atom is 0.309 e. The first-order valence-electron chi connectivity index (χ1n) is 7.01. The van der Waals surface area contributed by atoms with Crippen molar-refractivity contribution in [3.63, 3.8) is 0 Å². The van der Waals surface area contributed by atoms with Gasteiger partial charge in [-0.05, 0) is 32.4 Å². The molecule has 7 nitrogen and oxygen atoms in total. The third-order valence-electron chi connectivity index (χ3n) is 3.30. The van der Waals surface area contributed by atoms with Gasteiger partial charge in [-0.3, -0.25) is 9.59 Å². The van der Waals surface area contributed by atoms with Crippen molar-refractivity contribution in [2.75, 3.05) is 20.3 Å². The van der Waals surface area contributed by atoms with Gasteiger partial charge in [0, 0.05) is 12.6 Å². The summed E-state index contributed by atoms with van der Waals surface area (Å²) in [5.41, 5.74) is -0.473. The summed E-state index contributed by atoms with van der Waals surface area (Å²) in [5, 5.41) is 20.4. The normalized spacial score (nSPS) is 10.5. The first kappa shape index (κ1) is 18.3. The number of ether oxygens (including phenoxy) is 2. The van der Waals surface area contributed by atoms with Gasteiger partial charge in [0.2, 0.25) is 0 Å². The number of amides is 1. The number of carboxylic acid groups (broad SMARTS) is 1. The molecule has 1 aromatic carbocycles. The zero-order valence-electron chi connectivity index (χ0n) is 13.4. The second kappa shape index (κ2) is 8.03. The Hall–Kier alpha value is -2.75. The van der Waals surface area contributed by atoms with Crippen molar-refractivity contribution in [2.45, 2.75) is 20.3 Å². The van der Waals surface area contributed by atoms with Crippen LogP contribution < -0.4 is 14.8 Å². The molecule has 124 valence electrons. The monoisotopic (exact) mass is 320 g/mol. The van der Waals surface area contributed by atoms with Crippen LogP contribution >= 0.6 is 0 Å². The topological polar surface area (TPSA) is 109 Å². The Morgan fingerprint density at radius 3 is 2.61 bits per heavy atom. The van der Waals surface area contributed by atoms with E-state index < -0.39 is 11.4 Å². The van der Waals surface area contributed by atoms with Gasteiger partial charge in [-0.25, -0.2) is 0 Å². The highest BCUT2D eigenvalue weighted by Crippen LogP contribution is 2.27. The number of carbonyl (C=O) groups excluding carboxylic acids is 1. The third kappa shape index (κ3) is 5.51. The Balaban J connectivity index is 2.48. The maximum absolute atomic E-state index is 11.7. The van der Waals surface area contributed by atoms with E-state index >= 15 is 0 Å². The molecule has 0 aliphatic heterocycles. The lowest BCUT2D eigenvalue weighted by Gasteiger charge is -2.19. The summed E-state index contributed by atoms with van der Waals surface area (Å²) in [4.78, 5) is 22.7. The van der Waals surface area contributed by atoms with E-state index in [0.29, 0.717) is 23.5 Å². The van der Waals surface area contributed by atoms with Gasteiger partial charge >= 0.3 is 5.97 Å². The van der Waals surface area contributed by atoms with E-state index in [-0.39, 0.29) is 19.1 Å². The zero-order chi connectivity index (χ0) is 17.5. The molecule has 0 aromatic heterocycles. The number of methoxy groups -OCH3 is 1. The van der Waals surface area contributed by atoms with Crippen molar-refractivity contribution in [2.24, 2.45) is 5.41 Å². The van der Waals surface area contributed by atoms with Gasteiger partial charge in [0.15, 0.2) is 18.1 Å². The van der Waals surface area contributed by atoms with Crippen LogP contribution in [0, 0.1) is 16.7 Å². The Morgan fingerprint density at radius 1 is 1.35 bits per heavy atom. The van der Waals surface area contributed by atoms with Crippen molar-refractivity contribution in [3.8, 4) is 17.6 Å². The molecular formula is C16H20N2O5. The quantitative estimate of drug-likeness (QED) is 0.752. The Kier molecular flexibility index (Phi) is 6.39. The smallest absolute Gasteiger partial charge is 0.309 e. The highest BCUT2D eigenvalue weighted by Gasteiger charge is 2.26. The van der Waals surface area contributed by atoms with Gasteiger partial charge in [-0.2, -0.15) is 5.26 Å². The van der Waals surface area contributed by atoms with Crippen molar-refractivity contribution in [1.82, 2.24) is 5.32 Å². The minimum Gasteiger partial charge on any atom is -0.493 e. The second-order valence-corrected chi connectivity index (χ2v) is 5.56. The molecule has 1 amide bonds. The van der Waals surface area contributed by atoms with Crippen LogP contribution in [0.5, 0.6) is 11.5 Å². The first-order valence-corrected chi connectivity index (χ1v) is 7.01. The standard InChI is InChI=1S/C16H20N2O5/c1-16(2,15(20)21)6-7-18-14(19)10-23-12-5-4-11(9-17)8-13(12)22-3/h4-5,8H,6-7,10H2,1-3H3,(H,18,19)(H,20,21). The molecule has 23 heavy (non-hydrogen) atoms. The van der Waals surface area contributed by atoms with Crippen LogP contribution in [0.4, 0.5) is 0 Å². The summed E-state index contributed by atoms with van der Waals surface area (Å²) in [5.74, 6) is -0.556. The van der Waals surface area contributed by atoms with E-state index in [1.807, 2.05) is 6.07 Å². The van der Waals surface area contributed by atoms with Crippen LogP contribution in [0.25, 0.3) is 0 Å². The number of hydrogen-bond acceptors (Lipinski definition) is 5.